The molecular weight excluding hydrogens is 276 g/mol. The molecule has 5 nitrogen and oxygen atoms in total. The molecule has 2 aliphatic heterocycles. The van der Waals surface area contributed by atoms with E-state index in [9.17, 15) is 4.79 Å². The highest BCUT2D eigenvalue weighted by molar-refractivity contribution is 5.99. The molecule has 0 saturated heterocycles. The summed E-state index contributed by atoms with van der Waals surface area (Å²) in [5.74, 6) is 1.11. The molecule has 22 heavy (non-hydrogen) atoms. The number of rotatable bonds is 2. The van der Waals surface area contributed by atoms with Gasteiger partial charge in [0.25, 0.3) is 0 Å². The fourth-order valence-electron chi connectivity index (χ4n) is 3.22. The van der Waals surface area contributed by atoms with Gasteiger partial charge in [0.05, 0.1) is 12.0 Å². The summed E-state index contributed by atoms with van der Waals surface area (Å²) < 4.78 is 0. The van der Waals surface area contributed by atoms with Crippen LogP contribution in [0.5, 0.6) is 0 Å². The van der Waals surface area contributed by atoms with Crippen molar-refractivity contribution in [2.75, 3.05) is 7.05 Å². The molecule has 3 atom stereocenters. The van der Waals surface area contributed by atoms with E-state index < -0.39 is 5.54 Å². The number of nitrogens with zero attached hydrogens (tertiary/aromatic N) is 3. The minimum atomic E-state index is -0.565. The van der Waals surface area contributed by atoms with Gasteiger partial charge in [0.1, 0.15) is 0 Å². The van der Waals surface area contributed by atoms with Gasteiger partial charge in [0.15, 0.2) is 5.96 Å². The number of allylic oxidation sites excluding steroid dienone is 3. The fraction of sp³-hybridized carbons (Fsp3) is 0.471. The zero-order chi connectivity index (χ0) is 15.7. The van der Waals surface area contributed by atoms with Gasteiger partial charge in [-0.25, -0.2) is 4.99 Å². The summed E-state index contributed by atoms with van der Waals surface area (Å²) in [5.41, 5.74) is 6.42. The van der Waals surface area contributed by atoms with Crippen molar-refractivity contribution >= 4 is 18.1 Å². The fourth-order valence-corrected chi connectivity index (χ4v) is 3.22. The lowest BCUT2D eigenvalue weighted by atomic mass is 9.77. The zero-order valence-electron chi connectivity index (χ0n) is 13.1. The van der Waals surface area contributed by atoms with Crippen LogP contribution < -0.4 is 5.73 Å². The Morgan fingerprint density at radius 1 is 1.32 bits per heavy atom. The van der Waals surface area contributed by atoms with Crippen molar-refractivity contribution < 1.29 is 4.79 Å². The molecule has 0 saturated carbocycles. The molecule has 3 unspecified atom stereocenters. The van der Waals surface area contributed by atoms with Gasteiger partial charge in [0.2, 0.25) is 5.91 Å². The third kappa shape index (κ3) is 2.63. The van der Waals surface area contributed by atoms with Crippen LogP contribution in [0.2, 0.25) is 0 Å². The lowest BCUT2D eigenvalue weighted by molar-refractivity contribution is -0.128. The average molecular weight is 298 g/mol. The molecule has 0 spiro atoms. The van der Waals surface area contributed by atoms with Crippen molar-refractivity contribution in [2.45, 2.75) is 31.7 Å². The maximum atomic E-state index is 12.1. The van der Waals surface area contributed by atoms with E-state index in [0.717, 1.165) is 18.4 Å². The molecule has 116 valence electrons. The van der Waals surface area contributed by atoms with E-state index in [1.54, 1.807) is 7.05 Å². The van der Waals surface area contributed by atoms with Crippen LogP contribution in [0.15, 0.2) is 46.1 Å². The number of carbonyl (C=O) groups excluding carboxylic acids is 1. The molecule has 0 fully saturated rings. The highest BCUT2D eigenvalue weighted by Gasteiger charge is 2.38. The van der Waals surface area contributed by atoms with Crippen LogP contribution in [0.25, 0.3) is 0 Å². The predicted molar refractivity (Wildman–Crippen MR) is 88.5 cm³/mol. The van der Waals surface area contributed by atoms with Gasteiger partial charge in [-0.05, 0) is 31.3 Å². The number of amides is 1. The summed E-state index contributed by atoms with van der Waals surface area (Å²) in [6.07, 6.45) is 14.9. The smallest absolute Gasteiger partial charge is 0.231 e. The second-order valence-electron chi connectivity index (χ2n) is 6.38. The van der Waals surface area contributed by atoms with Crippen LogP contribution in [-0.2, 0) is 4.79 Å². The van der Waals surface area contributed by atoms with Crippen molar-refractivity contribution in [3.8, 4) is 0 Å². The van der Waals surface area contributed by atoms with Gasteiger partial charge < -0.3 is 5.73 Å². The predicted octanol–water partition coefficient (Wildman–Crippen LogP) is 2.03. The lowest BCUT2D eigenvalue weighted by Gasteiger charge is -2.36. The van der Waals surface area contributed by atoms with Gasteiger partial charge in [-0.15, -0.1) is 0 Å². The van der Waals surface area contributed by atoms with Crippen molar-refractivity contribution in [2.24, 2.45) is 27.6 Å². The Morgan fingerprint density at radius 3 is 2.77 bits per heavy atom. The average Bonchev–Trinajstić information content (AvgIpc) is 2.53. The molecule has 1 amide bonds. The molecule has 3 rings (SSSR count). The van der Waals surface area contributed by atoms with Gasteiger partial charge in [-0.2, -0.15) is 0 Å². The summed E-state index contributed by atoms with van der Waals surface area (Å²) in [5, 5.41) is 0. The number of hydrogen-bond acceptors (Lipinski definition) is 4. The van der Waals surface area contributed by atoms with E-state index in [4.69, 9.17) is 5.73 Å². The molecule has 0 bridgehead atoms. The second-order valence-corrected chi connectivity index (χ2v) is 6.38. The first-order valence-electron chi connectivity index (χ1n) is 7.68. The molecule has 5 heteroatoms. The van der Waals surface area contributed by atoms with Crippen LogP contribution in [0.4, 0.5) is 0 Å². The Balaban J connectivity index is 1.88. The summed E-state index contributed by atoms with van der Waals surface area (Å²) in [7, 11) is 1.67. The number of hydrogen-bond donors (Lipinski definition) is 1. The minimum absolute atomic E-state index is 0.00795. The van der Waals surface area contributed by atoms with Crippen molar-refractivity contribution in [3.05, 3.63) is 36.1 Å². The normalized spacial score (nSPS) is 34.6. The molecular formula is C17H22N4O. The van der Waals surface area contributed by atoms with Crippen LogP contribution in [0.3, 0.4) is 0 Å². The largest absolute Gasteiger partial charge is 0.369 e. The Labute approximate surface area is 131 Å². The maximum Gasteiger partial charge on any atom is 0.231 e. The van der Waals surface area contributed by atoms with Gasteiger partial charge in [0, 0.05) is 25.4 Å². The number of carbonyl (C=O) groups is 1. The van der Waals surface area contributed by atoms with Crippen LogP contribution >= 0.6 is 0 Å². The summed E-state index contributed by atoms with van der Waals surface area (Å²) in [6.45, 7) is 1.98. The minimum Gasteiger partial charge on any atom is -0.369 e. The van der Waals surface area contributed by atoms with E-state index in [1.807, 2.05) is 19.3 Å². The molecule has 2 N–H and O–H groups in total. The zero-order valence-corrected chi connectivity index (χ0v) is 13.1. The van der Waals surface area contributed by atoms with Crippen LogP contribution in [-0.4, -0.2) is 35.6 Å². The number of nitrogens with two attached hydrogens (primary N) is 1. The SMILES string of the molecule is CN1C(=O)CC(C)(C2=CC(C3C=NC=CC3)CC=C2)N=C1N. The van der Waals surface area contributed by atoms with Crippen LogP contribution in [0, 0.1) is 11.8 Å². The number of guanidine groups is 1. The first-order valence-corrected chi connectivity index (χ1v) is 7.68. The maximum absolute atomic E-state index is 12.1. The third-order valence-electron chi connectivity index (χ3n) is 4.72. The van der Waals surface area contributed by atoms with Gasteiger partial charge >= 0.3 is 0 Å². The van der Waals surface area contributed by atoms with E-state index in [1.165, 1.54) is 4.90 Å². The van der Waals surface area contributed by atoms with E-state index >= 15 is 0 Å². The Kier molecular flexibility index (Phi) is 3.72. The standard InChI is InChI=1S/C17H22N4O/c1-17(10-15(22)21(2)16(18)20-17)14-7-3-5-12(9-14)13-6-4-8-19-11-13/h3-4,7-9,11-13H,5-6,10H2,1-2H3,(H2,18,20). The first-order chi connectivity index (χ1) is 10.5. The topological polar surface area (TPSA) is 71.0 Å². The summed E-state index contributed by atoms with van der Waals surface area (Å²) in [6, 6.07) is 0. The lowest BCUT2D eigenvalue weighted by Crippen LogP contribution is -2.49. The molecule has 2 heterocycles. The molecule has 0 aromatic carbocycles. The van der Waals surface area contributed by atoms with Gasteiger partial charge in [-0.1, -0.05) is 24.3 Å². The highest BCUT2D eigenvalue weighted by Crippen LogP contribution is 2.36. The van der Waals surface area contributed by atoms with Crippen LogP contribution in [0.1, 0.15) is 26.2 Å². The summed E-state index contributed by atoms with van der Waals surface area (Å²) in [4.78, 5) is 22.4. The van der Waals surface area contributed by atoms with E-state index in [2.05, 4.69) is 34.3 Å². The Hall–Kier alpha value is -2.17. The van der Waals surface area contributed by atoms with E-state index in [-0.39, 0.29) is 11.9 Å². The Bertz CT molecular complexity index is 629. The summed E-state index contributed by atoms with van der Waals surface area (Å²) >= 11 is 0. The molecule has 0 aromatic rings. The highest BCUT2D eigenvalue weighted by atomic mass is 16.2. The van der Waals surface area contributed by atoms with Crippen molar-refractivity contribution in [1.29, 1.82) is 0 Å². The first kappa shape index (κ1) is 14.8. The molecule has 0 aromatic heterocycles. The van der Waals surface area contributed by atoms with Crippen molar-refractivity contribution in [1.82, 2.24) is 4.90 Å². The van der Waals surface area contributed by atoms with Gasteiger partial charge in [-0.3, -0.25) is 14.7 Å². The Morgan fingerprint density at radius 2 is 2.09 bits per heavy atom. The monoisotopic (exact) mass is 298 g/mol. The number of aliphatic imine (C=N–C) groups is 2. The van der Waals surface area contributed by atoms with E-state index in [0.29, 0.717) is 18.3 Å². The quantitative estimate of drug-likeness (QED) is 0.847. The third-order valence-corrected chi connectivity index (χ3v) is 4.72. The second kappa shape index (κ2) is 5.55. The van der Waals surface area contributed by atoms with Crippen molar-refractivity contribution in [3.63, 3.8) is 0 Å². The molecule has 0 radical (unpaired) electrons. The molecule has 1 aliphatic carbocycles. The molecule has 3 aliphatic rings.